The van der Waals surface area contributed by atoms with E-state index in [-0.39, 0.29) is 11.8 Å². The molecule has 1 amide bonds. The number of amides is 1. The molecule has 1 unspecified atom stereocenters. The number of rotatable bonds is 4. The van der Waals surface area contributed by atoms with Crippen LogP contribution in [0.4, 0.5) is 0 Å². The van der Waals surface area contributed by atoms with E-state index in [1.54, 1.807) is 24.5 Å². The van der Waals surface area contributed by atoms with Crippen LogP contribution >= 0.6 is 0 Å². The second kappa shape index (κ2) is 6.29. The molecule has 0 spiro atoms. The molecule has 1 saturated heterocycles. The predicted molar refractivity (Wildman–Crippen MR) is 68.5 cm³/mol. The van der Waals surface area contributed by atoms with Crippen molar-refractivity contribution in [2.45, 2.75) is 12.8 Å². The van der Waals surface area contributed by atoms with Gasteiger partial charge in [0.1, 0.15) is 0 Å². The normalized spacial score (nSPS) is 19.9. The molecule has 1 fully saturated rings. The molecule has 1 aliphatic heterocycles. The van der Waals surface area contributed by atoms with E-state index in [1.807, 2.05) is 4.90 Å². The topological polar surface area (TPSA) is 82.5 Å². The van der Waals surface area contributed by atoms with Gasteiger partial charge < -0.3 is 10.4 Å². The van der Waals surface area contributed by atoms with Gasteiger partial charge in [-0.2, -0.15) is 0 Å². The van der Waals surface area contributed by atoms with E-state index in [1.165, 1.54) is 0 Å². The Balaban J connectivity index is 1.82. The zero-order valence-electron chi connectivity index (χ0n) is 10.6. The molecule has 19 heavy (non-hydrogen) atoms. The van der Waals surface area contributed by atoms with Crippen molar-refractivity contribution in [2.75, 3.05) is 19.8 Å². The number of aromatic nitrogens is 1. The number of nitrogens with one attached hydrogen (secondary N) is 1. The van der Waals surface area contributed by atoms with E-state index >= 15 is 0 Å². The summed E-state index contributed by atoms with van der Waals surface area (Å²) in [6.07, 6.45) is 4.69. The summed E-state index contributed by atoms with van der Waals surface area (Å²) in [5, 5.41) is 11.8. The minimum atomic E-state index is -0.759. The number of hydrogen-bond acceptors (Lipinski definition) is 4. The fourth-order valence-electron chi connectivity index (χ4n) is 2.19. The summed E-state index contributed by atoms with van der Waals surface area (Å²) in [7, 11) is 0. The molecular weight excluding hydrogens is 246 g/mol. The first-order chi connectivity index (χ1) is 9.16. The molecule has 1 aromatic heterocycles. The Morgan fingerprint density at radius 3 is 2.84 bits per heavy atom. The lowest BCUT2D eigenvalue weighted by atomic mass is 9.99. The average Bonchev–Trinajstić information content (AvgIpc) is 2.46. The van der Waals surface area contributed by atoms with Crippen LogP contribution in [0, 0.1) is 5.92 Å². The van der Waals surface area contributed by atoms with E-state index in [0.29, 0.717) is 25.2 Å². The van der Waals surface area contributed by atoms with Crippen molar-refractivity contribution in [2.24, 2.45) is 5.92 Å². The van der Waals surface area contributed by atoms with Gasteiger partial charge in [-0.05, 0) is 31.5 Å². The molecule has 0 aliphatic carbocycles. The summed E-state index contributed by atoms with van der Waals surface area (Å²) in [6.45, 7) is 1.69. The minimum Gasteiger partial charge on any atom is -0.481 e. The van der Waals surface area contributed by atoms with Gasteiger partial charge in [-0.15, -0.1) is 0 Å². The lowest BCUT2D eigenvalue weighted by Crippen LogP contribution is -2.44. The Morgan fingerprint density at radius 1 is 1.42 bits per heavy atom. The number of aliphatic carboxylic acids is 1. The highest BCUT2D eigenvalue weighted by Gasteiger charge is 2.25. The van der Waals surface area contributed by atoms with Gasteiger partial charge in [0.15, 0.2) is 0 Å². The standard InChI is InChI=1S/C13H17N3O3/c17-12(10-3-5-14-6-4-10)15-9-16-7-1-2-11(8-16)13(18)19/h3-6,11H,1-2,7-9H2,(H,15,17)(H,18,19). The third-order valence-electron chi connectivity index (χ3n) is 3.26. The second-order valence-corrected chi connectivity index (χ2v) is 4.65. The molecule has 0 bridgehead atoms. The number of likely N-dealkylation sites (tertiary alicyclic amines) is 1. The highest BCUT2D eigenvalue weighted by atomic mass is 16.4. The SMILES string of the molecule is O=C(NCN1CCCC(C(=O)O)C1)c1ccncc1. The molecule has 2 N–H and O–H groups in total. The molecular formula is C13H17N3O3. The maximum atomic E-state index is 11.8. The van der Waals surface area contributed by atoms with Crippen LogP contribution in [0.25, 0.3) is 0 Å². The van der Waals surface area contributed by atoms with Crippen molar-refractivity contribution in [1.82, 2.24) is 15.2 Å². The lowest BCUT2D eigenvalue weighted by Gasteiger charge is -2.30. The molecule has 0 saturated carbocycles. The van der Waals surface area contributed by atoms with Gasteiger partial charge in [-0.25, -0.2) is 0 Å². The number of piperidine rings is 1. The zero-order valence-corrected chi connectivity index (χ0v) is 10.6. The molecule has 2 rings (SSSR count). The molecule has 1 aliphatic rings. The monoisotopic (exact) mass is 263 g/mol. The van der Waals surface area contributed by atoms with Gasteiger partial charge >= 0.3 is 5.97 Å². The molecule has 1 aromatic rings. The Hall–Kier alpha value is -1.95. The van der Waals surface area contributed by atoms with Crippen LogP contribution in [-0.4, -0.2) is 46.6 Å². The third kappa shape index (κ3) is 3.75. The van der Waals surface area contributed by atoms with E-state index in [4.69, 9.17) is 5.11 Å². The molecule has 1 atom stereocenters. The number of nitrogens with zero attached hydrogens (tertiary/aromatic N) is 2. The van der Waals surface area contributed by atoms with E-state index < -0.39 is 5.97 Å². The van der Waals surface area contributed by atoms with Gasteiger partial charge in [0.25, 0.3) is 5.91 Å². The van der Waals surface area contributed by atoms with Crippen molar-refractivity contribution >= 4 is 11.9 Å². The smallest absolute Gasteiger partial charge is 0.307 e. The summed E-state index contributed by atoms with van der Waals surface area (Å²) in [5.74, 6) is -1.25. The minimum absolute atomic E-state index is 0.167. The number of carbonyl (C=O) groups excluding carboxylic acids is 1. The number of pyridine rings is 1. The number of carboxylic acids is 1. The summed E-state index contributed by atoms with van der Waals surface area (Å²) in [5.41, 5.74) is 0.557. The van der Waals surface area contributed by atoms with E-state index in [9.17, 15) is 9.59 Å². The number of carboxylic acid groups (broad SMARTS) is 1. The van der Waals surface area contributed by atoms with Crippen molar-refractivity contribution < 1.29 is 14.7 Å². The van der Waals surface area contributed by atoms with Crippen LogP contribution in [0.1, 0.15) is 23.2 Å². The second-order valence-electron chi connectivity index (χ2n) is 4.65. The fourth-order valence-corrected chi connectivity index (χ4v) is 2.19. The Morgan fingerprint density at radius 2 is 2.16 bits per heavy atom. The highest BCUT2D eigenvalue weighted by molar-refractivity contribution is 5.93. The first-order valence-electron chi connectivity index (χ1n) is 6.30. The van der Waals surface area contributed by atoms with Crippen LogP contribution in [-0.2, 0) is 4.79 Å². The average molecular weight is 263 g/mol. The molecule has 102 valence electrons. The third-order valence-corrected chi connectivity index (χ3v) is 3.26. The summed E-state index contributed by atoms with van der Waals surface area (Å²) in [6, 6.07) is 3.29. The Labute approximate surface area is 111 Å². The largest absolute Gasteiger partial charge is 0.481 e. The Kier molecular flexibility index (Phi) is 4.46. The fraction of sp³-hybridized carbons (Fsp3) is 0.462. The van der Waals surface area contributed by atoms with Gasteiger partial charge in [0.05, 0.1) is 12.6 Å². The molecule has 6 heteroatoms. The summed E-state index contributed by atoms with van der Waals surface area (Å²) >= 11 is 0. The molecule has 0 radical (unpaired) electrons. The summed E-state index contributed by atoms with van der Waals surface area (Å²) in [4.78, 5) is 28.6. The Bertz CT molecular complexity index is 450. The zero-order chi connectivity index (χ0) is 13.7. The number of carbonyl (C=O) groups is 2. The van der Waals surface area contributed by atoms with Crippen molar-refractivity contribution in [3.63, 3.8) is 0 Å². The summed E-state index contributed by atoms with van der Waals surface area (Å²) < 4.78 is 0. The van der Waals surface area contributed by atoms with Crippen molar-refractivity contribution in [3.05, 3.63) is 30.1 Å². The molecule has 0 aromatic carbocycles. The van der Waals surface area contributed by atoms with Crippen LogP contribution in [0.5, 0.6) is 0 Å². The van der Waals surface area contributed by atoms with Gasteiger partial charge in [-0.1, -0.05) is 0 Å². The van der Waals surface area contributed by atoms with Crippen molar-refractivity contribution in [3.8, 4) is 0 Å². The van der Waals surface area contributed by atoms with Gasteiger partial charge in [0.2, 0.25) is 0 Å². The lowest BCUT2D eigenvalue weighted by molar-refractivity contribution is -0.143. The van der Waals surface area contributed by atoms with Crippen molar-refractivity contribution in [1.29, 1.82) is 0 Å². The maximum Gasteiger partial charge on any atom is 0.307 e. The first-order valence-corrected chi connectivity index (χ1v) is 6.30. The maximum absolute atomic E-state index is 11.8. The quantitative estimate of drug-likeness (QED) is 0.829. The van der Waals surface area contributed by atoms with Crippen LogP contribution in [0.2, 0.25) is 0 Å². The predicted octanol–water partition coefficient (Wildman–Crippen LogP) is 0.565. The van der Waals surface area contributed by atoms with E-state index in [0.717, 1.165) is 13.0 Å². The van der Waals surface area contributed by atoms with Gasteiger partial charge in [0, 0.05) is 24.5 Å². The van der Waals surface area contributed by atoms with Crippen LogP contribution in [0.15, 0.2) is 24.5 Å². The number of hydrogen-bond donors (Lipinski definition) is 2. The molecule has 2 heterocycles. The van der Waals surface area contributed by atoms with Gasteiger partial charge in [-0.3, -0.25) is 19.5 Å². The van der Waals surface area contributed by atoms with E-state index in [2.05, 4.69) is 10.3 Å². The van der Waals surface area contributed by atoms with Crippen LogP contribution < -0.4 is 5.32 Å². The first kappa shape index (κ1) is 13.5. The van der Waals surface area contributed by atoms with Crippen LogP contribution in [0.3, 0.4) is 0 Å². The molecule has 6 nitrogen and oxygen atoms in total. The highest BCUT2D eigenvalue weighted by Crippen LogP contribution is 2.15.